The summed E-state index contributed by atoms with van der Waals surface area (Å²) in [7, 11) is 0. The second kappa shape index (κ2) is 6.61. The van der Waals surface area contributed by atoms with E-state index in [1.807, 2.05) is 0 Å². The molecular formula is C14H23N3O2S. The number of aromatic nitrogens is 3. The van der Waals surface area contributed by atoms with Crippen LogP contribution < -0.4 is 0 Å². The van der Waals surface area contributed by atoms with Crippen molar-refractivity contribution < 1.29 is 9.90 Å². The molecule has 2 rings (SSSR count). The highest BCUT2D eigenvalue weighted by Crippen LogP contribution is 2.37. The van der Waals surface area contributed by atoms with Crippen LogP contribution in [0.4, 0.5) is 0 Å². The van der Waals surface area contributed by atoms with Crippen LogP contribution >= 0.6 is 11.8 Å². The number of hydrogen-bond acceptors (Lipinski definition) is 4. The molecule has 0 saturated heterocycles. The smallest absolute Gasteiger partial charge is 0.313 e. The van der Waals surface area contributed by atoms with Crippen molar-refractivity contribution in [1.82, 2.24) is 14.8 Å². The first-order chi connectivity index (χ1) is 9.50. The Kier molecular flexibility index (Phi) is 5.07. The Bertz CT molecular complexity index is 473. The summed E-state index contributed by atoms with van der Waals surface area (Å²) in [6.45, 7) is 6.50. The quantitative estimate of drug-likeness (QED) is 0.844. The molecule has 20 heavy (non-hydrogen) atoms. The first-order valence-electron chi connectivity index (χ1n) is 7.30. The molecule has 5 nitrogen and oxygen atoms in total. The van der Waals surface area contributed by atoms with Crippen molar-refractivity contribution in [1.29, 1.82) is 0 Å². The molecule has 1 aliphatic carbocycles. The van der Waals surface area contributed by atoms with Gasteiger partial charge in [-0.1, -0.05) is 45.4 Å². The molecule has 0 aromatic carbocycles. The predicted octanol–water partition coefficient (Wildman–Crippen LogP) is 3.33. The van der Waals surface area contributed by atoms with E-state index in [0.29, 0.717) is 17.9 Å². The van der Waals surface area contributed by atoms with Crippen LogP contribution in [-0.2, 0) is 4.79 Å². The van der Waals surface area contributed by atoms with Gasteiger partial charge in [0, 0.05) is 12.0 Å². The summed E-state index contributed by atoms with van der Waals surface area (Å²) in [5, 5.41) is 18.2. The number of thioether (sulfide) groups is 1. The Morgan fingerprint density at radius 1 is 1.40 bits per heavy atom. The Hall–Kier alpha value is -1.04. The molecule has 1 saturated carbocycles. The fourth-order valence-corrected chi connectivity index (χ4v) is 3.62. The predicted molar refractivity (Wildman–Crippen MR) is 79.1 cm³/mol. The monoisotopic (exact) mass is 297 g/mol. The van der Waals surface area contributed by atoms with E-state index in [2.05, 4.69) is 35.5 Å². The maximum absolute atomic E-state index is 10.8. The third-order valence-electron chi connectivity index (χ3n) is 3.93. The van der Waals surface area contributed by atoms with E-state index in [0.717, 1.165) is 17.4 Å². The lowest BCUT2D eigenvalue weighted by atomic mass is 9.85. The van der Waals surface area contributed by atoms with Gasteiger partial charge < -0.3 is 9.67 Å². The van der Waals surface area contributed by atoms with Crippen molar-refractivity contribution >= 4 is 17.7 Å². The van der Waals surface area contributed by atoms with Crippen molar-refractivity contribution in [3.63, 3.8) is 0 Å². The van der Waals surface area contributed by atoms with Crippen LogP contribution in [0.1, 0.15) is 64.2 Å². The minimum absolute atomic E-state index is 0.0390. The summed E-state index contributed by atoms with van der Waals surface area (Å²) >= 11 is 1.28. The molecule has 2 unspecified atom stereocenters. The van der Waals surface area contributed by atoms with E-state index in [1.165, 1.54) is 31.0 Å². The zero-order valence-electron chi connectivity index (χ0n) is 12.4. The highest BCUT2D eigenvalue weighted by atomic mass is 32.2. The molecule has 112 valence electrons. The fraction of sp³-hybridized carbons (Fsp3) is 0.786. The molecule has 0 spiro atoms. The van der Waals surface area contributed by atoms with Crippen molar-refractivity contribution in [3.8, 4) is 0 Å². The number of carboxylic acids is 1. The molecular weight excluding hydrogens is 274 g/mol. The first-order valence-corrected chi connectivity index (χ1v) is 8.28. The van der Waals surface area contributed by atoms with Crippen LogP contribution in [0.15, 0.2) is 5.16 Å². The molecule has 0 radical (unpaired) electrons. The second-order valence-electron chi connectivity index (χ2n) is 5.88. The zero-order chi connectivity index (χ0) is 14.7. The maximum Gasteiger partial charge on any atom is 0.313 e. The van der Waals surface area contributed by atoms with Crippen LogP contribution in [0.2, 0.25) is 0 Å². The van der Waals surface area contributed by atoms with Crippen molar-refractivity contribution in [3.05, 3.63) is 5.82 Å². The number of hydrogen-bond donors (Lipinski definition) is 1. The van der Waals surface area contributed by atoms with Crippen LogP contribution in [0.25, 0.3) is 0 Å². The van der Waals surface area contributed by atoms with Gasteiger partial charge in [-0.3, -0.25) is 4.79 Å². The summed E-state index contributed by atoms with van der Waals surface area (Å²) < 4.78 is 2.21. The lowest BCUT2D eigenvalue weighted by Crippen LogP contribution is -2.24. The normalized spacial score (nSPS) is 23.2. The molecule has 0 aliphatic heterocycles. The topological polar surface area (TPSA) is 68.0 Å². The summed E-state index contributed by atoms with van der Waals surface area (Å²) in [6, 6.07) is 0.410. The van der Waals surface area contributed by atoms with E-state index in [-0.39, 0.29) is 5.75 Å². The molecule has 1 fully saturated rings. The van der Waals surface area contributed by atoms with Crippen LogP contribution in [0.3, 0.4) is 0 Å². The van der Waals surface area contributed by atoms with Crippen LogP contribution in [-0.4, -0.2) is 31.6 Å². The van der Waals surface area contributed by atoms with Gasteiger partial charge in [0.15, 0.2) is 5.16 Å². The van der Waals surface area contributed by atoms with Gasteiger partial charge in [0.05, 0.1) is 5.75 Å². The summed E-state index contributed by atoms with van der Waals surface area (Å²) in [5.74, 6) is 1.11. The number of carboxylic acid groups (broad SMARTS) is 1. The number of aliphatic carboxylic acids is 1. The Morgan fingerprint density at radius 2 is 2.10 bits per heavy atom. The van der Waals surface area contributed by atoms with E-state index < -0.39 is 5.97 Å². The van der Waals surface area contributed by atoms with Gasteiger partial charge in [-0.25, -0.2) is 0 Å². The minimum Gasteiger partial charge on any atom is -0.481 e. The number of nitrogens with zero attached hydrogens (tertiary/aromatic N) is 3. The lowest BCUT2D eigenvalue weighted by molar-refractivity contribution is -0.133. The van der Waals surface area contributed by atoms with E-state index in [9.17, 15) is 4.79 Å². The highest BCUT2D eigenvalue weighted by molar-refractivity contribution is 7.99. The van der Waals surface area contributed by atoms with Gasteiger partial charge in [-0.05, 0) is 18.8 Å². The minimum atomic E-state index is -0.813. The van der Waals surface area contributed by atoms with Crippen molar-refractivity contribution in [2.75, 3.05) is 5.75 Å². The molecule has 1 aliphatic rings. The summed E-state index contributed by atoms with van der Waals surface area (Å²) in [6.07, 6.45) is 4.88. The first kappa shape index (κ1) is 15.4. The molecule has 1 aromatic rings. The molecule has 1 aromatic heterocycles. The highest BCUT2D eigenvalue weighted by Gasteiger charge is 2.29. The van der Waals surface area contributed by atoms with Gasteiger partial charge >= 0.3 is 5.97 Å². The molecule has 2 atom stereocenters. The molecule has 0 amide bonds. The average Bonchev–Trinajstić information content (AvgIpc) is 2.80. The molecule has 1 N–H and O–H groups in total. The van der Waals surface area contributed by atoms with Gasteiger partial charge in [-0.2, -0.15) is 0 Å². The molecule has 6 heteroatoms. The second-order valence-corrected chi connectivity index (χ2v) is 6.82. The van der Waals surface area contributed by atoms with Gasteiger partial charge in [-0.15, -0.1) is 10.2 Å². The molecule has 1 heterocycles. The van der Waals surface area contributed by atoms with Crippen molar-refractivity contribution in [2.45, 2.75) is 63.6 Å². The van der Waals surface area contributed by atoms with E-state index >= 15 is 0 Å². The summed E-state index contributed by atoms with van der Waals surface area (Å²) in [4.78, 5) is 10.8. The Balaban J connectivity index is 2.30. The van der Waals surface area contributed by atoms with E-state index in [4.69, 9.17) is 5.11 Å². The van der Waals surface area contributed by atoms with Crippen molar-refractivity contribution in [2.24, 2.45) is 5.92 Å². The largest absolute Gasteiger partial charge is 0.481 e. The maximum atomic E-state index is 10.8. The number of carbonyl (C=O) groups is 1. The third kappa shape index (κ3) is 3.34. The lowest BCUT2D eigenvalue weighted by Gasteiger charge is -2.32. The Labute approximate surface area is 124 Å². The average molecular weight is 297 g/mol. The van der Waals surface area contributed by atoms with Crippen LogP contribution in [0.5, 0.6) is 0 Å². The Morgan fingerprint density at radius 3 is 2.70 bits per heavy atom. The van der Waals surface area contributed by atoms with Crippen LogP contribution in [0, 0.1) is 5.92 Å². The van der Waals surface area contributed by atoms with Gasteiger partial charge in [0.25, 0.3) is 0 Å². The van der Waals surface area contributed by atoms with E-state index in [1.54, 1.807) is 0 Å². The SMILES string of the molecule is CC(C)c1nnc(SCC(=O)O)n1C1CCCCC1C. The third-order valence-corrected chi connectivity index (χ3v) is 4.86. The summed E-state index contributed by atoms with van der Waals surface area (Å²) in [5.41, 5.74) is 0. The standard InChI is InChI=1S/C14H23N3O2S/c1-9(2)13-15-16-14(20-8-12(18)19)17(13)11-7-5-4-6-10(11)3/h9-11H,4-8H2,1-3H3,(H,18,19). The number of rotatable bonds is 5. The fourth-order valence-electron chi connectivity index (χ4n) is 2.90. The molecule has 0 bridgehead atoms. The zero-order valence-corrected chi connectivity index (χ0v) is 13.2. The van der Waals surface area contributed by atoms with Gasteiger partial charge in [0.2, 0.25) is 0 Å². The van der Waals surface area contributed by atoms with Gasteiger partial charge in [0.1, 0.15) is 5.82 Å².